The molecular weight excluding hydrogens is 536 g/mol. The first-order chi connectivity index (χ1) is 18.8. The Kier molecular flexibility index (Phi) is 6.38. The van der Waals surface area contributed by atoms with Crippen LogP contribution in [0.2, 0.25) is 0 Å². The summed E-state index contributed by atoms with van der Waals surface area (Å²) in [5.74, 6) is 0. The van der Waals surface area contributed by atoms with Gasteiger partial charge < -0.3 is 20.0 Å². The van der Waals surface area contributed by atoms with Gasteiger partial charge in [-0.25, -0.2) is 19.0 Å². The highest BCUT2D eigenvalue weighted by Gasteiger charge is 2.47. The average molecular weight is 563 g/mol. The zero-order valence-corrected chi connectivity index (χ0v) is 21.4. The number of hydrogen-bond acceptors (Lipinski definition) is 10. The van der Waals surface area contributed by atoms with Gasteiger partial charge in [-0.05, 0) is 24.3 Å². The number of aliphatic hydroxyl groups is 2. The van der Waals surface area contributed by atoms with Gasteiger partial charge in [0.25, 0.3) is 0 Å². The molecule has 0 spiro atoms. The van der Waals surface area contributed by atoms with E-state index in [1.165, 1.54) is 9.80 Å². The summed E-state index contributed by atoms with van der Waals surface area (Å²) in [7, 11) is -4.88. The molecule has 4 bridgehead atoms. The summed E-state index contributed by atoms with van der Waals surface area (Å²) in [4.78, 5) is 28.6. The van der Waals surface area contributed by atoms with E-state index in [2.05, 4.69) is 10.2 Å². The zero-order chi connectivity index (χ0) is 27.3. The molecule has 2 fully saturated rings. The highest BCUT2D eigenvalue weighted by molar-refractivity contribution is 7.81. The minimum atomic E-state index is -4.88. The summed E-state index contributed by atoms with van der Waals surface area (Å²) in [5, 5.41) is 28.5. The lowest BCUT2D eigenvalue weighted by Crippen LogP contribution is -2.40. The Morgan fingerprint density at radius 2 is 1.23 bits per heavy atom. The molecule has 17 heteroatoms. The first kappa shape index (κ1) is 25.5. The van der Waals surface area contributed by atoms with Crippen molar-refractivity contribution in [2.24, 2.45) is 0 Å². The maximum absolute atomic E-state index is 12.9. The standard InChI is InChI=1S/C22H26N8O8S/c31-7-3-15-1-5-23-27(15)17-9-19-13-25(11-17)21(33)29(19)37-39(35,36)38-30-20-10-18(12-26(14-20)22(30)34)28-16(4-8-32)2-6-24-28/h1-2,5-6,9-10,19-20,31-32H,3-4,7-8,11-14H2. The molecule has 2 N–H and O–H groups in total. The number of urea groups is 2. The van der Waals surface area contributed by atoms with Crippen molar-refractivity contribution in [2.75, 3.05) is 39.4 Å². The molecule has 2 aromatic rings. The lowest BCUT2D eigenvalue weighted by atomic mass is 10.2. The SMILES string of the molecule is O=C1N2CC(n3nccc3CCO)=CC(C2)N1OS(=O)(=O)ON1C(=O)N2CC(n3nccc3CCO)=CC1C2. The minimum Gasteiger partial charge on any atom is -0.396 e. The van der Waals surface area contributed by atoms with Gasteiger partial charge in [0.15, 0.2) is 0 Å². The summed E-state index contributed by atoms with van der Waals surface area (Å²) in [6.07, 6.45) is 7.22. The van der Waals surface area contributed by atoms with E-state index >= 15 is 0 Å². The number of aromatic nitrogens is 4. The third-order valence-corrected chi connectivity index (χ3v) is 7.56. The number of carbonyl (C=O) groups excluding carboxylic acids is 2. The first-order valence-corrected chi connectivity index (χ1v) is 13.6. The Balaban J connectivity index is 1.18. The second-order valence-corrected chi connectivity index (χ2v) is 10.5. The van der Waals surface area contributed by atoms with Gasteiger partial charge >= 0.3 is 22.5 Å². The molecule has 0 saturated carbocycles. The third-order valence-electron chi connectivity index (χ3n) is 6.88. The summed E-state index contributed by atoms with van der Waals surface area (Å²) in [6, 6.07) is 0.634. The highest BCUT2D eigenvalue weighted by Crippen LogP contribution is 2.31. The number of aliphatic hydroxyl groups excluding tert-OH is 2. The van der Waals surface area contributed by atoms with E-state index in [0.29, 0.717) is 34.4 Å². The summed E-state index contributed by atoms with van der Waals surface area (Å²) < 4.78 is 39.2. The number of hydroxylamine groups is 4. The zero-order valence-electron chi connectivity index (χ0n) is 20.6. The number of rotatable bonds is 10. The van der Waals surface area contributed by atoms with Crippen LogP contribution in [-0.4, -0.2) is 122 Å². The fraction of sp³-hybridized carbons (Fsp3) is 0.455. The van der Waals surface area contributed by atoms with Crippen LogP contribution in [0.5, 0.6) is 0 Å². The molecule has 6 heterocycles. The third kappa shape index (κ3) is 4.57. The molecule has 2 atom stereocenters. The van der Waals surface area contributed by atoms with Crippen LogP contribution in [0.1, 0.15) is 11.4 Å². The second kappa shape index (κ2) is 9.76. The van der Waals surface area contributed by atoms with Gasteiger partial charge in [-0.2, -0.15) is 28.7 Å². The Hall–Kier alpha value is -3.77. The Bertz CT molecular complexity index is 1360. The van der Waals surface area contributed by atoms with Gasteiger partial charge in [-0.1, -0.05) is 0 Å². The fourth-order valence-corrected chi connectivity index (χ4v) is 5.98. The predicted octanol–water partition coefficient (Wildman–Crippen LogP) is -1.12. The van der Waals surface area contributed by atoms with E-state index in [0.717, 1.165) is 11.4 Å². The Morgan fingerprint density at radius 3 is 1.64 bits per heavy atom. The molecule has 4 amide bonds. The molecule has 4 aliphatic rings. The number of hydrogen-bond donors (Lipinski definition) is 2. The van der Waals surface area contributed by atoms with E-state index in [1.807, 2.05) is 0 Å². The van der Waals surface area contributed by atoms with E-state index in [1.54, 1.807) is 46.0 Å². The topological polar surface area (TPSA) is 176 Å². The molecular formula is C22H26N8O8S. The van der Waals surface area contributed by atoms with Crippen LogP contribution < -0.4 is 0 Å². The van der Waals surface area contributed by atoms with Crippen molar-refractivity contribution in [1.82, 2.24) is 39.5 Å². The van der Waals surface area contributed by atoms with Crippen LogP contribution in [0.3, 0.4) is 0 Å². The van der Waals surface area contributed by atoms with Crippen molar-refractivity contribution in [3.05, 3.63) is 48.1 Å². The van der Waals surface area contributed by atoms with Crippen LogP contribution in [0.15, 0.2) is 36.7 Å². The van der Waals surface area contributed by atoms with Crippen molar-refractivity contribution in [2.45, 2.75) is 24.9 Å². The summed E-state index contributed by atoms with van der Waals surface area (Å²) >= 11 is 0. The quantitative estimate of drug-likeness (QED) is 0.361. The van der Waals surface area contributed by atoms with Crippen molar-refractivity contribution in [3.8, 4) is 0 Å². The maximum Gasteiger partial charge on any atom is 0.442 e. The maximum atomic E-state index is 12.9. The molecule has 16 nitrogen and oxygen atoms in total. The predicted molar refractivity (Wildman–Crippen MR) is 131 cm³/mol. The fourth-order valence-electron chi connectivity index (χ4n) is 5.21. The number of fused-ring (bicyclic) bond motifs is 4. The van der Waals surface area contributed by atoms with Crippen LogP contribution in [-0.2, 0) is 31.8 Å². The normalized spacial score (nSPS) is 22.7. The van der Waals surface area contributed by atoms with Gasteiger partial charge in [0, 0.05) is 62.9 Å². The largest absolute Gasteiger partial charge is 0.442 e. The number of carbonyl (C=O) groups is 2. The smallest absolute Gasteiger partial charge is 0.396 e. The molecule has 0 radical (unpaired) electrons. The van der Waals surface area contributed by atoms with E-state index in [-0.39, 0.29) is 39.4 Å². The van der Waals surface area contributed by atoms with Gasteiger partial charge in [0.2, 0.25) is 0 Å². The van der Waals surface area contributed by atoms with Crippen LogP contribution >= 0.6 is 0 Å². The van der Waals surface area contributed by atoms with Crippen molar-refractivity contribution < 1.29 is 36.8 Å². The monoisotopic (exact) mass is 562 g/mol. The van der Waals surface area contributed by atoms with Crippen LogP contribution in [0.4, 0.5) is 9.59 Å². The van der Waals surface area contributed by atoms with Crippen molar-refractivity contribution >= 4 is 33.9 Å². The van der Waals surface area contributed by atoms with Gasteiger partial charge in [-0.15, -0.1) is 8.57 Å². The molecule has 4 aliphatic heterocycles. The number of nitrogens with zero attached hydrogens (tertiary/aromatic N) is 8. The van der Waals surface area contributed by atoms with Crippen LogP contribution in [0.25, 0.3) is 11.4 Å². The molecule has 208 valence electrons. The first-order valence-electron chi connectivity index (χ1n) is 12.3. The molecule has 39 heavy (non-hydrogen) atoms. The second-order valence-electron chi connectivity index (χ2n) is 9.40. The van der Waals surface area contributed by atoms with E-state index in [4.69, 9.17) is 8.57 Å². The average Bonchev–Trinajstić information content (AvgIpc) is 3.66. The molecule has 0 aliphatic carbocycles. The summed E-state index contributed by atoms with van der Waals surface area (Å²) in [5.41, 5.74) is 2.74. The molecule has 6 rings (SSSR count). The lowest BCUT2D eigenvalue weighted by Gasteiger charge is -2.23. The van der Waals surface area contributed by atoms with Crippen molar-refractivity contribution in [1.29, 1.82) is 0 Å². The molecule has 2 unspecified atom stereocenters. The van der Waals surface area contributed by atoms with Gasteiger partial charge in [-0.3, -0.25) is 0 Å². The number of amides is 4. The Morgan fingerprint density at radius 1 is 0.795 bits per heavy atom. The van der Waals surface area contributed by atoms with Gasteiger partial charge in [0.05, 0.1) is 24.5 Å². The Labute approximate surface area is 222 Å². The van der Waals surface area contributed by atoms with Crippen molar-refractivity contribution in [3.63, 3.8) is 0 Å². The molecule has 2 saturated heterocycles. The molecule has 2 aromatic heterocycles. The highest BCUT2D eigenvalue weighted by atomic mass is 32.3. The van der Waals surface area contributed by atoms with Crippen LogP contribution in [0, 0.1) is 0 Å². The van der Waals surface area contributed by atoms with E-state index < -0.39 is 34.5 Å². The minimum absolute atomic E-state index is 0.0774. The van der Waals surface area contributed by atoms with E-state index in [9.17, 15) is 28.2 Å². The lowest BCUT2D eigenvalue weighted by molar-refractivity contribution is -0.0723. The van der Waals surface area contributed by atoms with Gasteiger partial charge in [0.1, 0.15) is 12.1 Å². The summed E-state index contributed by atoms with van der Waals surface area (Å²) in [6.45, 7) is 0.561. The molecule has 0 aromatic carbocycles.